The Labute approximate surface area is 115 Å². The molecule has 1 amide bonds. The molecule has 20 heavy (non-hydrogen) atoms. The average molecular weight is 281 g/mol. The van der Waals surface area contributed by atoms with Crippen molar-refractivity contribution in [3.05, 3.63) is 30.1 Å². The monoisotopic (exact) mass is 281 g/mol. The lowest BCUT2D eigenvalue weighted by Crippen LogP contribution is -2.50. The van der Waals surface area contributed by atoms with Crippen molar-refractivity contribution < 1.29 is 19.1 Å². The third-order valence-corrected chi connectivity index (χ3v) is 3.32. The van der Waals surface area contributed by atoms with Gasteiger partial charge in [-0.3, -0.25) is 14.5 Å². The number of nitrogens with one attached hydrogen (secondary N) is 1. The maximum atomic E-state index is 13.4. The van der Waals surface area contributed by atoms with Crippen LogP contribution in [0.4, 0.5) is 10.1 Å². The van der Waals surface area contributed by atoms with Gasteiger partial charge in [0.25, 0.3) is 0 Å². The number of halogens is 1. The summed E-state index contributed by atoms with van der Waals surface area (Å²) in [4.78, 5) is 24.4. The molecule has 4 N–H and O–H groups in total. The predicted molar refractivity (Wildman–Crippen MR) is 70.6 cm³/mol. The van der Waals surface area contributed by atoms with E-state index in [1.54, 1.807) is 11.0 Å². The molecule has 1 aliphatic heterocycles. The predicted octanol–water partition coefficient (Wildman–Crippen LogP) is 0.252. The highest BCUT2D eigenvalue weighted by Gasteiger charge is 2.41. The van der Waals surface area contributed by atoms with Crippen molar-refractivity contribution in [2.24, 2.45) is 5.73 Å². The zero-order chi connectivity index (χ0) is 14.8. The minimum absolute atomic E-state index is 0.0133. The number of benzene rings is 1. The summed E-state index contributed by atoms with van der Waals surface area (Å²) in [5, 5.41) is 11.4. The molecule has 0 aromatic heterocycles. The first-order valence-corrected chi connectivity index (χ1v) is 6.20. The Morgan fingerprint density at radius 2 is 2.15 bits per heavy atom. The fourth-order valence-electron chi connectivity index (χ4n) is 2.18. The van der Waals surface area contributed by atoms with E-state index in [1.165, 1.54) is 18.2 Å². The molecule has 1 unspecified atom stereocenters. The molecule has 2 rings (SSSR count). The Morgan fingerprint density at radius 3 is 2.75 bits per heavy atom. The molecule has 1 aromatic carbocycles. The number of likely N-dealkylation sites (tertiary alicyclic amines) is 1. The van der Waals surface area contributed by atoms with E-state index in [9.17, 15) is 14.0 Å². The number of carboxylic acid groups (broad SMARTS) is 1. The van der Waals surface area contributed by atoms with Gasteiger partial charge in [0, 0.05) is 13.1 Å². The van der Waals surface area contributed by atoms with Crippen LogP contribution in [-0.2, 0) is 9.59 Å². The quantitative estimate of drug-likeness (QED) is 0.735. The number of hydrogen-bond acceptors (Lipinski definition) is 4. The van der Waals surface area contributed by atoms with E-state index in [2.05, 4.69) is 5.32 Å². The molecular weight excluding hydrogens is 265 g/mol. The number of carbonyl (C=O) groups is 2. The van der Waals surface area contributed by atoms with Gasteiger partial charge in [-0.05, 0) is 18.6 Å². The third-order valence-electron chi connectivity index (χ3n) is 3.32. The molecule has 0 bridgehead atoms. The summed E-state index contributed by atoms with van der Waals surface area (Å²) >= 11 is 0. The molecule has 1 heterocycles. The van der Waals surface area contributed by atoms with E-state index in [1.807, 2.05) is 0 Å². The van der Waals surface area contributed by atoms with Crippen LogP contribution in [0.2, 0.25) is 0 Å². The lowest BCUT2D eigenvalue weighted by atomic mass is 10.0. The lowest BCUT2D eigenvalue weighted by Gasteiger charge is -2.19. The molecule has 6 nitrogen and oxygen atoms in total. The van der Waals surface area contributed by atoms with Crippen LogP contribution >= 0.6 is 0 Å². The zero-order valence-corrected chi connectivity index (χ0v) is 10.8. The fraction of sp³-hybridized carbons (Fsp3) is 0.385. The van der Waals surface area contributed by atoms with Crippen molar-refractivity contribution in [2.75, 3.05) is 25.0 Å². The summed E-state index contributed by atoms with van der Waals surface area (Å²) < 4.78 is 13.4. The second kappa shape index (κ2) is 5.56. The molecule has 0 radical (unpaired) electrons. The minimum Gasteiger partial charge on any atom is -0.480 e. The van der Waals surface area contributed by atoms with Gasteiger partial charge in [-0.15, -0.1) is 0 Å². The molecule has 1 aromatic rings. The maximum Gasteiger partial charge on any atom is 0.325 e. The summed E-state index contributed by atoms with van der Waals surface area (Å²) in [7, 11) is 0. The van der Waals surface area contributed by atoms with E-state index < -0.39 is 23.2 Å². The highest BCUT2D eigenvalue weighted by molar-refractivity contribution is 5.92. The first kappa shape index (κ1) is 14.4. The summed E-state index contributed by atoms with van der Waals surface area (Å²) in [6.07, 6.45) is 0.287. The van der Waals surface area contributed by atoms with E-state index in [-0.39, 0.29) is 25.2 Å². The van der Waals surface area contributed by atoms with Crippen LogP contribution in [0.15, 0.2) is 24.3 Å². The molecular formula is C13H16FN3O3. The standard InChI is InChI=1S/C13H16FN3O3/c14-9-3-1-2-4-10(9)16-11(18)7-17-6-5-13(15,8-17)12(19)20/h1-4H,5-8,15H2,(H,16,18)(H,19,20). The molecule has 108 valence electrons. The largest absolute Gasteiger partial charge is 0.480 e. The molecule has 0 aliphatic carbocycles. The van der Waals surface area contributed by atoms with Gasteiger partial charge >= 0.3 is 5.97 Å². The zero-order valence-electron chi connectivity index (χ0n) is 10.8. The Kier molecular flexibility index (Phi) is 4.01. The second-order valence-corrected chi connectivity index (χ2v) is 4.95. The van der Waals surface area contributed by atoms with Crippen molar-refractivity contribution in [2.45, 2.75) is 12.0 Å². The highest BCUT2D eigenvalue weighted by atomic mass is 19.1. The van der Waals surface area contributed by atoms with E-state index in [0.717, 1.165) is 0 Å². The van der Waals surface area contributed by atoms with Gasteiger partial charge < -0.3 is 16.2 Å². The number of carboxylic acids is 1. The Bertz CT molecular complexity index is 537. The number of nitrogens with two attached hydrogens (primary N) is 1. The Balaban J connectivity index is 1.91. The van der Waals surface area contributed by atoms with Gasteiger partial charge in [0.05, 0.1) is 12.2 Å². The van der Waals surface area contributed by atoms with Gasteiger partial charge in [0.1, 0.15) is 11.4 Å². The summed E-state index contributed by atoms with van der Waals surface area (Å²) in [5.74, 6) is -1.99. The van der Waals surface area contributed by atoms with Gasteiger partial charge in [-0.1, -0.05) is 12.1 Å². The number of para-hydroxylation sites is 1. The van der Waals surface area contributed by atoms with E-state index >= 15 is 0 Å². The van der Waals surface area contributed by atoms with E-state index in [0.29, 0.717) is 6.54 Å². The summed E-state index contributed by atoms with van der Waals surface area (Å²) in [6, 6.07) is 5.85. The molecule has 7 heteroatoms. The normalized spacial score (nSPS) is 22.7. The van der Waals surface area contributed by atoms with Crippen LogP contribution < -0.4 is 11.1 Å². The number of amides is 1. The topological polar surface area (TPSA) is 95.7 Å². The number of nitrogens with zero attached hydrogens (tertiary/aromatic N) is 1. The summed E-state index contributed by atoms with van der Waals surface area (Å²) in [6.45, 7) is 0.515. The molecule has 1 fully saturated rings. The van der Waals surface area contributed by atoms with Crippen molar-refractivity contribution in [1.82, 2.24) is 4.90 Å². The van der Waals surface area contributed by atoms with Crippen LogP contribution in [0.25, 0.3) is 0 Å². The fourth-order valence-corrected chi connectivity index (χ4v) is 2.18. The van der Waals surface area contributed by atoms with Gasteiger partial charge in [0.2, 0.25) is 5.91 Å². The van der Waals surface area contributed by atoms with Gasteiger partial charge in [0.15, 0.2) is 0 Å². The number of hydrogen-bond donors (Lipinski definition) is 3. The summed E-state index contributed by atoms with van der Waals surface area (Å²) in [5.41, 5.74) is 4.51. The number of rotatable bonds is 4. The van der Waals surface area contributed by atoms with Crippen LogP contribution in [-0.4, -0.2) is 47.1 Å². The van der Waals surface area contributed by atoms with Crippen LogP contribution in [0, 0.1) is 5.82 Å². The molecule has 0 saturated carbocycles. The first-order valence-electron chi connectivity index (χ1n) is 6.20. The smallest absolute Gasteiger partial charge is 0.325 e. The van der Waals surface area contributed by atoms with Gasteiger partial charge in [-0.2, -0.15) is 0 Å². The number of carbonyl (C=O) groups excluding carboxylic acids is 1. The lowest BCUT2D eigenvalue weighted by molar-refractivity contribution is -0.143. The van der Waals surface area contributed by atoms with E-state index in [4.69, 9.17) is 10.8 Å². The van der Waals surface area contributed by atoms with Crippen molar-refractivity contribution >= 4 is 17.6 Å². The van der Waals surface area contributed by atoms with Crippen molar-refractivity contribution in [3.63, 3.8) is 0 Å². The second-order valence-electron chi connectivity index (χ2n) is 4.95. The van der Waals surface area contributed by atoms with Crippen molar-refractivity contribution in [3.8, 4) is 0 Å². The first-order chi connectivity index (χ1) is 9.40. The molecule has 1 aliphatic rings. The Hall–Kier alpha value is -1.99. The maximum absolute atomic E-state index is 13.4. The minimum atomic E-state index is -1.31. The molecule has 0 spiro atoms. The number of anilines is 1. The molecule has 1 atom stereocenters. The average Bonchev–Trinajstić information content (AvgIpc) is 2.75. The molecule has 1 saturated heterocycles. The van der Waals surface area contributed by atoms with Crippen molar-refractivity contribution in [1.29, 1.82) is 0 Å². The highest BCUT2D eigenvalue weighted by Crippen LogP contribution is 2.19. The van der Waals surface area contributed by atoms with Gasteiger partial charge in [-0.25, -0.2) is 4.39 Å². The Morgan fingerprint density at radius 1 is 1.45 bits per heavy atom. The third kappa shape index (κ3) is 3.12. The van der Waals surface area contributed by atoms with Crippen LogP contribution in [0.5, 0.6) is 0 Å². The van der Waals surface area contributed by atoms with Crippen LogP contribution in [0.1, 0.15) is 6.42 Å². The number of aliphatic carboxylic acids is 1. The van der Waals surface area contributed by atoms with Crippen LogP contribution in [0.3, 0.4) is 0 Å². The SMILES string of the molecule is NC1(C(=O)O)CCN(CC(=O)Nc2ccccc2F)C1.